The van der Waals surface area contributed by atoms with Gasteiger partial charge in [0.25, 0.3) is 0 Å². The van der Waals surface area contributed by atoms with Crippen molar-refractivity contribution >= 4 is 34.0 Å². The van der Waals surface area contributed by atoms with Gasteiger partial charge in [-0.2, -0.15) is 0 Å². The third-order valence-electron chi connectivity index (χ3n) is 4.58. The summed E-state index contributed by atoms with van der Waals surface area (Å²) in [6.07, 6.45) is 2.50. The van der Waals surface area contributed by atoms with Gasteiger partial charge >= 0.3 is 0 Å². The predicted molar refractivity (Wildman–Crippen MR) is 109 cm³/mol. The number of carbonyl (C=O) groups excluding carboxylic acids is 1. The van der Waals surface area contributed by atoms with Crippen LogP contribution in [0.5, 0.6) is 0 Å². The summed E-state index contributed by atoms with van der Waals surface area (Å²) in [6, 6.07) is 17.7. The van der Waals surface area contributed by atoms with Crippen molar-refractivity contribution in [3.05, 3.63) is 81.8 Å². The number of thiazole rings is 1. The van der Waals surface area contributed by atoms with Crippen molar-refractivity contribution in [1.29, 1.82) is 0 Å². The van der Waals surface area contributed by atoms with E-state index in [1.54, 1.807) is 6.20 Å². The first kappa shape index (κ1) is 18.1. The van der Waals surface area contributed by atoms with Crippen LogP contribution in [0.2, 0.25) is 5.02 Å². The third-order valence-corrected chi connectivity index (χ3v) is 5.87. The number of benzene rings is 2. The van der Waals surface area contributed by atoms with E-state index in [2.05, 4.69) is 21.2 Å². The molecule has 2 unspecified atom stereocenters. The molecule has 2 aromatic carbocycles. The molecule has 0 saturated carbocycles. The summed E-state index contributed by atoms with van der Waals surface area (Å²) >= 11 is 7.70. The quantitative estimate of drug-likeness (QED) is 0.611. The third kappa shape index (κ3) is 4.20. The molecule has 1 aliphatic heterocycles. The van der Waals surface area contributed by atoms with Gasteiger partial charge < -0.3 is 5.32 Å². The molecule has 1 saturated heterocycles. The number of nitrogens with zero attached hydrogens (tertiary/aromatic N) is 1. The van der Waals surface area contributed by atoms with Gasteiger partial charge in [0.2, 0.25) is 5.91 Å². The number of hydrazine groups is 1. The number of amides is 1. The zero-order valence-electron chi connectivity index (χ0n) is 14.5. The lowest BCUT2D eigenvalue weighted by Gasteiger charge is -2.17. The first-order valence-electron chi connectivity index (χ1n) is 8.73. The van der Waals surface area contributed by atoms with E-state index >= 15 is 0 Å². The number of anilines is 1. The van der Waals surface area contributed by atoms with Crippen molar-refractivity contribution in [2.24, 2.45) is 5.92 Å². The van der Waals surface area contributed by atoms with Crippen LogP contribution < -0.4 is 16.2 Å². The summed E-state index contributed by atoms with van der Waals surface area (Å²) in [7, 11) is 0. The van der Waals surface area contributed by atoms with Gasteiger partial charge in [0.05, 0.1) is 12.0 Å². The average Bonchev–Trinajstić information content (AvgIpc) is 3.34. The number of halogens is 1. The molecule has 3 N–H and O–H groups in total. The van der Waals surface area contributed by atoms with Crippen molar-refractivity contribution in [2.75, 3.05) is 11.9 Å². The molecule has 138 valence electrons. The van der Waals surface area contributed by atoms with Gasteiger partial charge in [0.1, 0.15) is 0 Å². The molecule has 1 aromatic heterocycles. The second-order valence-corrected chi connectivity index (χ2v) is 7.93. The molecule has 27 heavy (non-hydrogen) atoms. The maximum atomic E-state index is 12.8. The van der Waals surface area contributed by atoms with Crippen LogP contribution in [0.4, 0.5) is 5.13 Å². The molecular weight excluding hydrogens is 380 g/mol. The van der Waals surface area contributed by atoms with Crippen LogP contribution in [0, 0.1) is 5.92 Å². The molecule has 0 spiro atoms. The smallest absolute Gasteiger partial charge is 0.232 e. The molecule has 1 amide bonds. The van der Waals surface area contributed by atoms with Crippen molar-refractivity contribution in [3.8, 4) is 0 Å². The Balaban J connectivity index is 1.43. The lowest BCUT2D eigenvalue weighted by molar-refractivity contribution is -0.119. The van der Waals surface area contributed by atoms with E-state index in [9.17, 15) is 4.79 Å². The molecule has 5 nitrogen and oxygen atoms in total. The molecule has 0 radical (unpaired) electrons. The van der Waals surface area contributed by atoms with Crippen molar-refractivity contribution in [1.82, 2.24) is 15.8 Å². The Morgan fingerprint density at radius 3 is 2.78 bits per heavy atom. The molecule has 2 atom stereocenters. The second kappa shape index (κ2) is 8.19. The van der Waals surface area contributed by atoms with Gasteiger partial charge in [-0.25, -0.2) is 10.4 Å². The Hall–Kier alpha value is -2.25. The fourth-order valence-electron chi connectivity index (χ4n) is 3.19. The second-order valence-electron chi connectivity index (χ2n) is 6.41. The summed E-state index contributed by atoms with van der Waals surface area (Å²) in [5.74, 6) is -0.247. The normalized spacial score (nSPS) is 19.1. The highest BCUT2D eigenvalue weighted by Crippen LogP contribution is 2.28. The monoisotopic (exact) mass is 398 g/mol. The Bertz CT molecular complexity index is 930. The van der Waals surface area contributed by atoms with Crippen molar-refractivity contribution in [3.63, 3.8) is 0 Å². The van der Waals surface area contributed by atoms with Crippen LogP contribution in [0.25, 0.3) is 0 Å². The summed E-state index contributed by atoms with van der Waals surface area (Å²) in [5.41, 5.74) is 8.41. The summed E-state index contributed by atoms with van der Waals surface area (Å²) < 4.78 is 0. The summed E-state index contributed by atoms with van der Waals surface area (Å²) in [4.78, 5) is 18.2. The molecule has 3 aromatic rings. The Kier molecular flexibility index (Phi) is 5.50. The molecule has 1 fully saturated rings. The van der Waals surface area contributed by atoms with Gasteiger partial charge in [0.15, 0.2) is 5.13 Å². The largest absolute Gasteiger partial charge is 0.302 e. The molecule has 4 rings (SSSR count). The van der Waals surface area contributed by atoms with E-state index in [1.807, 2.05) is 54.6 Å². The van der Waals surface area contributed by atoms with E-state index in [1.165, 1.54) is 11.3 Å². The fraction of sp³-hybridized carbons (Fsp3) is 0.200. The molecule has 0 aliphatic carbocycles. The topological polar surface area (TPSA) is 66.0 Å². The standard InChI is InChI=1S/C20H19ClN4OS/c21-17-9-5-4-8-14(17)10-15-11-22-20(27-15)24-19(26)16-12-23-25-18(16)13-6-2-1-3-7-13/h1-9,11,16,18,23,25H,10,12H2,(H,22,24,26). The highest BCUT2D eigenvalue weighted by molar-refractivity contribution is 7.15. The minimum atomic E-state index is -0.205. The highest BCUT2D eigenvalue weighted by Gasteiger charge is 2.34. The zero-order chi connectivity index (χ0) is 18.6. The van der Waals surface area contributed by atoms with Gasteiger partial charge in [-0.1, -0.05) is 60.1 Å². The van der Waals surface area contributed by atoms with Crippen LogP contribution in [0.1, 0.15) is 22.0 Å². The Labute approximate surface area is 166 Å². The maximum absolute atomic E-state index is 12.8. The molecule has 2 heterocycles. The number of aromatic nitrogens is 1. The molecule has 0 bridgehead atoms. The summed E-state index contributed by atoms with van der Waals surface area (Å²) in [6.45, 7) is 0.573. The van der Waals surface area contributed by atoms with Crippen LogP contribution in [0.15, 0.2) is 60.8 Å². The highest BCUT2D eigenvalue weighted by atomic mass is 35.5. The number of carbonyl (C=O) groups is 1. The van der Waals surface area contributed by atoms with Crippen LogP contribution >= 0.6 is 22.9 Å². The number of hydrogen-bond donors (Lipinski definition) is 3. The van der Waals surface area contributed by atoms with Crippen LogP contribution in [-0.4, -0.2) is 17.4 Å². The number of hydrogen-bond acceptors (Lipinski definition) is 5. The zero-order valence-corrected chi connectivity index (χ0v) is 16.1. The van der Waals surface area contributed by atoms with Gasteiger partial charge in [0, 0.05) is 29.1 Å². The first-order valence-corrected chi connectivity index (χ1v) is 9.92. The first-order chi connectivity index (χ1) is 13.2. The molecule has 1 aliphatic rings. The van der Waals surface area contributed by atoms with Gasteiger partial charge in [-0.3, -0.25) is 10.2 Å². The lowest BCUT2D eigenvalue weighted by atomic mass is 9.94. The van der Waals surface area contributed by atoms with Gasteiger partial charge in [-0.15, -0.1) is 11.3 Å². The average molecular weight is 399 g/mol. The van der Waals surface area contributed by atoms with Crippen molar-refractivity contribution < 1.29 is 4.79 Å². The van der Waals surface area contributed by atoms with E-state index in [0.717, 1.165) is 21.0 Å². The molecular formula is C20H19ClN4OS. The van der Waals surface area contributed by atoms with E-state index in [-0.39, 0.29) is 17.9 Å². The Morgan fingerprint density at radius 1 is 1.19 bits per heavy atom. The van der Waals surface area contributed by atoms with E-state index < -0.39 is 0 Å². The van der Waals surface area contributed by atoms with Crippen molar-refractivity contribution in [2.45, 2.75) is 12.5 Å². The molecule has 7 heteroatoms. The van der Waals surface area contributed by atoms with Gasteiger partial charge in [-0.05, 0) is 17.2 Å². The maximum Gasteiger partial charge on any atom is 0.232 e. The van der Waals surface area contributed by atoms with Crippen LogP contribution in [-0.2, 0) is 11.2 Å². The van der Waals surface area contributed by atoms with E-state index in [0.29, 0.717) is 18.1 Å². The Morgan fingerprint density at radius 2 is 1.96 bits per heavy atom. The predicted octanol–water partition coefficient (Wildman–Crippen LogP) is 3.79. The lowest BCUT2D eigenvalue weighted by Crippen LogP contribution is -2.29. The summed E-state index contributed by atoms with van der Waals surface area (Å²) in [5, 5.41) is 4.31. The number of nitrogens with one attached hydrogen (secondary N) is 3. The minimum absolute atomic E-state index is 0.0417. The minimum Gasteiger partial charge on any atom is -0.302 e. The SMILES string of the molecule is O=C(Nc1ncc(Cc2ccccc2Cl)s1)C1CNNC1c1ccccc1. The van der Waals surface area contributed by atoms with Crippen LogP contribution in [0.3, 0.4) is 0 Å². The van der Waals surface area contributed by atoms with E-state index in [4.69, 9.17) is 11.6 Å². The number of rotatable bonds is 5. The fourth-order valence-corrected chi connectivity index (χ4v) is 4.23.